The van der Waals surface area contributed by atoms with Crippen LogP contribution in [0.1, 0.15) is 5.56 Å². The van der Waals surface area contributed by atoms with Crippen LogP contribution in [-0.4, -0.2) is 34.5 Å². The summed E-state index contributed by atoms with van der Waals surface area (Å²) in [5.74, 6) is 1.49. The number of carbonyl (C=O) groups is 1. The molecule has 3 rings (SSSR count). The smallest absolute Gasteiger partial charge is 0.265 e. The summed E-state index contributed by atoms with van der Waals surface area (Å²) in [6.07, 6.45) is 1.84. The van der Waals surface area contributed by atoms with Crippen LogP contribution in [0.5, 0.6) is 5.75 Å². The first-order valence-corrected chi connectivity index (χ1v) is 10.4. The van der Waals surface area contributed by atoms with Gasteiger partial charge in [-0.1, -0.05) is 53.8 Å². The molecule has 0 aromatic heterocycles. The van der Waals surface area contributed by atoms with Crippen LogP contribution in [0.4, 0.5) is 0 Å². The topological polar surface area (TPSA) is 29.5 Å². The molecule has 1 aliphatic heterocycles. The molecule has 134 valence electrons. The van der Waals surface area contributed by atoms with Gasteiger partial charge in [0.2, 0.25) is 0 Å². The second kappa shape index (κ2) is 8.95. The molecule has 0 spiro atoms. The largest absolute Gasteiger partial charge is 0.492 e. The van der Waals surface area contributed by atoms with Gasteiger partial charge in [0.1, 0.15) is 10.1 Å². The van der Waals surface area contributed by atoms with Crippen LogP contribution < -0.4 is 4.74 Å². The molecule has 0 atom stereocenters. The molecular formula is C19H16ClNO2S3. The van der Waals surface area contributed by atoms with Gasteiger partial charge in [-0.3, -0.25) is 9.69 Å². The summed E-state index contributed by atoms with van der Waals surface area (Å²) in [6, 6.07) is 15.4. The summed E-state index contributed by atoms with van der Waals surface area (Å²) in [4.78, 5) is 15.4. The third-order valence-electron chi connectivity index (χ3n) is 3.62. The van der Waals surface area contributed by atoms with Crippen LogP contribution in [0.25, 0.3) is 6.08 Å². The fourth-order valence-corrected chi connectivity index (χ4v) is 4.29. The number of ether oxygens (including phenoxy) is 1. The number of amides is 1. The van der Waals surface area contributed by atoms with Gasteiger partial charge in [0.25, 0.3) is 5.91 Å². The van der Waals surface area contributed by atoms with E-state index in [1.165, 1.54) is 16.7 Å². The predicted molar refractivity (Wildman–Crippen MR) is 115 cm³/mol. The summed E-state index contributed by atoms with van der Waals surface area (Å²) in [5, 5.41) is 0.733. The Morgan fingerprint density at radius 1 is 1.23 bits per heavy atom. The normalized spacial score (nSPS) is 15.8. The van der Waals surface area contributed by atoms with E-state index in [4.69, 9.17) is 28.6 Å². The van der Waals surface area contributed by atoms with Gasteiger partial charge in [-0.2, -0.15) is 0 Å². The van der Waals surface area contributed by atoms with Gasteiger partial charge in [-0.15, -0.1) is 11.8 Å². The minimum Gasteiger partial charge on any atom is -0.492 e. The molecule has 1 saturated heterocycles. The second-order valence-corrected chi connectivity index (χ2v) is 8.71. The molecule has 7 heteroatoms. The second-order valence-electron chi connectivity index (χ2n) is 5.43. The van der Waals surface area contributed by atoms with Crippen molar-refractivity contribution >= 4 is 63.6 Å². The lowest BCUT2D eigenvalue weighted by Crippen LogP contribution is -2.22. The van der Waals surface area contributed by atoms with E-state index in [9.17, 15) is 4.79 Å². The first-order valence-electron chi connectivity index (χ1n) is 7.86. The fraction of sp³-hybridized carbons (Fsp3) is 0.158. The maximum Gasteiger partial charge on any atom is 0.265 e. The SMILES string of the molecule is CN1C(=O)C(=Cc2ccccc2OCCSc2ccc(Cl)cc2)SC1=S. The van der Waals surface area contributed by atoms with Gasteiger partial charge in [0.15, 0.2) is 0 Å². The molecule has 3 nitrogen and oxygen atoms in total. The molecule has 1 amide bonds. The predicted octanol–water partition coefficient (Wildman–Crippen LogP) is 5.34. The molecular weight excluding hydrogens is 406 g/mol. The zero-order valence-corrected chi connectivity index (χ0v) is 17.2. The van der Waals surface area contributed by atoms with Crippen LogP contribution in [0, 0.1) is 0 Å². The number of benzene rings is 2. The van der Waals surface area contributed by atoms with E-state index in [1.807, 2.05) is 54.6 Å². The van der Waals surface area contributed by atoms with Crippen LogP contribution in [0.15, 0.2) is 58.3 Å². The van der Waals surface area contributed by atoms with Crippen molar-refractivity contribution in [1.82, 2.24) is 4.90 Å². The minimum atomic E-state index is -0.0758. The molecule has 0 aliphatic carbocycles. The molecule has 0 N–H and O–H groups in total. The average molecular weight is 422 g/mol. The summed E-state index contributed by atoms with van der Waals surface area (Å²) in [5.41, 5.74) is 0.873. The highest BCUT2D eigenvalue weighted by atomic mass is 35.5. The Morgan fingerprint density at radius 2 is 1.96 bits per heavy atom. The lowest BCUT2D eigenvalue weighted by molar-refractivity contribution is -0.121. The van der Waals surface area contributed by atoms with Crippen LogP contribution in [0.2, 0.25) is 5.02 Å². The van der Waals surface area contributed by atoms with Crippen molar-refractivity contribution < 1.29 is 9.53 Å². The van der Waals surface area contributed by atoms with Crippen molar-refractivity contribution in [3.05, 3.63) is 64.0 Å². The molecule has 0 bridgehead atoms. The Kier molecular flexibility index (Phi) is 6.64. The van der Waals surface area contributed by atoms with E-state index in [0.717, 1.165) is 27.0 Å². The van der Waals surface area contributed by atoms with Crippen molar-refractivity contribution in [1.29, 1.82) is 0 Å². The van der Waals surface area contributed by atoms with Crippen molar-refractivity contribution in [3.8, 4) is 5.75 Å². The zero-order chi connectivity index (χ0) is 18.5. The van der Waals surface area contributed by atoms with Crippen molar-refractivity contribution in [3.63, 3.8) is 0 Å². The number of halogens is 1. The minimum absolute atomic E-state index is 0.0758. The van der Waals surface area contributed by atoms with Crippen molar-refractivity contribution in [2.24, 2.45) is 0 Å². The highest BCUT2D eigenvalue weighted by molar-refractivity contribution is 8.26. The van der Waals surface area contributed by atoms with Gasteiger partial charge in [-0.25, -0.2) is 0 Å². The Morgan fingerprint density at radius 3 is 2.65 bits per heavy atom. The number of carbonyl (C=O) groups excluding carboxylic acids is 1. The standard InChI is InChI=1S/C19H16ClNO2S3/c1-21-18(22)17(26-19(21)24)12-13-4-2-3-5-16(13)23-10-11-25-15-8-6-14(20)7-9-15/h2-9,12H,10-11H2,1H3. The monoisotopic (exact) mass is 421 g/mol. The fourth-order valence-electron chi connectivity index (χ4n) is 2.26. The number of rotatable bonds is 6. The number of para-hydroxylation sites is 1. The number of hydrogen-bond acceptors (Lipinski definition) is 5. The summed E-state index contributed by atoms with van der Waals surface area (Å²) >= 11 is 14.1. The average Bonchev–Trinajstić information content (AvgIpc) is 2.88. The molecule has 1 heterocycles. The lowest BCUT2D eigenvalue weighted by Gasteiger charge is -2.09. The van der Waals surface area contributed by atoms with Crippen molar-refractivity contribution in [2.75, 3.05) is 19.4 Å². The van der Waals surface area contributed by atoms with Gasteiger partial charge >= 0.3 is 0 Å². The van der Waals surface area contributed by atoms with Crippen LogP contribution >= 0.6 is 47.3 Å². The van der Waals surface area contributed by atoms with Gasteiger partial charge in [0, 0.05) is 28.3 Å². The molecule has 0 radical (unpaired) electrons. The van der Waals surface area contributed by atoms with Gasteiger partial charge in [0.05, 0.1) is 11.5 Å². The molecule has 1 fully saturated rings. The van der Waals surface area contributed by atoms with E-state index in [2.05, 4.69) is 0 Å². The lowest BCUT2D eigenvalue weighted by atomic mass is 10.2. The first-order chi connectivity index (χ1) is 12.5. The Balaban J connectivity index is 1.62. The molecule has 1 aliphatic rings. The van der Waals surface area contributed by atoms with E-state index in [1.54, 1.807) is 18.8 Å². The molecule has 0 saturated carbocycles. The Bertz CT molecular complexity index is 852. The molecule has 0 unspecified atom stereocenters. The summed E-state index contributed by atoms with van der Waals surface area (Å²) in [7, 11) is 1.69. The number of hydrogen-bond donors (Lipinski definition) is 0. The Hall–Kier alpha value is -1.47. The molecule has 26 heavy (non-hydrogen) atoms. The first kappa shape index (κ1) is 19.3. The van der Waals surface area contributed by atoms with Crippen LogP contribution in [0.3, 0.4) is 0 Å². The highest BCUT2D eigenvalue weighted by Crippen LogP contribution is 2.33. The van der Waals surface area contributed by atoms with E-state index in [0.29, 0.717) is 15.8 Å². The summed E-state index contributed by atoms with van der Waals surface area (Å²) < 4.78 is 6.49. The third-order valence-corrected chi connectivity index (χ3v) is 6.33. The van der Waals surface area contributed by atoms with E-state index >= 15 is 0 Å². The summed E-state index contributed by atoms with van der Waals surface area (Å²) in [6.45, 7) is 0.562. The quantitative estimate of drug-likeness (QED) is 0.272. The number of nitrogens with zero attached hydrogens (tertiary/aromatic N) is 1. The number of thiocarbonyl (C=S) groups is 1. The third kappa shape index (κ3) is 4.82. The van der Waals surface area contributed by atoms with Crippen LogP contribution in [-0.2, 0) is 4.79 Å². The number of thioether (sulfide) groups is 2. The molecule has 2 aromatic carbocycles. The maximum atomic E-state index is 12.2. The number of likely N-dealkylation sites (N-methyl/N-ethyl adjacent to an activating group) is 1. The molecule has 2 aromatic rings. The Labute approximate surface area is 171 Å². The van der Waals surface area contributed by atoms with Gasteiger partial charge in [-0.05, 0) is 36.4 Å². The maximum absolute atomic E-state index is 12.2. The van der Waals surface area contributed by atoms with E-state index < -0.39 is 0 Å². The van der Waals surface area contributed by atoms with Crippen molar-refractivity contribution in [2.45, 2.75) is 4.90 Å². The zero-order valence-electron chi connectivity index (χ0n) is 14.0. The van der Waals surface area contributed by atoms with Gasteiger partial charge < -0.3 is 4.74 Å². The highest BCUT2D eigenvalue weighted by Gasteiger charge is 2.28. The van der Waals surface area contributed by atoms with E-state index in [-0.39, 0.29) is 5.91 Å².